The van der Waals surface area contributed by atoms with Gasteiger partial charge in [-0.3, -0.25) is 9.98 Å². The van der Waals surface area contributed by atoms with Crippen molar-refractivity contribution in [3.8, 4) is 0 Å². The summed E-state index contributed by atoms with van der Waals surface area (Å²) in [6, 6.07) is 11.9. The molecule has 2 heterocycles. The summed E-state index contributed by atoms with van der Waals surface area (Å²) in [4.78, 5) is 10.7. The molecular weight excluding hydrogens is 478 g/mol. The Kier molecular flexibility index (Phi) is 9.24. The number of alkyl halides is 3. The highest BCUT2D eigenvalue weighted by atomic mass is 19.4. The number of nitrogens with zero attached hydrogens (tertiary/aromatic N) is 3. The maximum Gasteiger partial charge on any atom is 0.418 e. The number of halogens is 4. The number of aliphatic imine (C=N–C) groups is 1. The van der Waals surface area contributed by atoms with Crippen LogP contribution in [0.25, 0.3) is 5.57 Å². The van der Waals surface area contributed by atoms with E-state index in [1.165, 1.54) is 13.0 Å². The van der Waals surface area contributed by atoms with Crippen LogP contribution in [0.5, 0.6) is 0 Å². The van der Waals surface area contributed by atoms with Crippen molar-refractivity contribution < 1.29 is 17.6 Å². The maximum absolute atomic E-state index is 14.2. The number of allylic oxidation sites excluding steroid dienone is 5. The molecule has 0 saturated carbocycles. The quantitative estimate of drug-likeness (QED) is 0.213. The monoisotopic (exact) mass is 511 g/mol. The lowest BCUT2D eigenvalue weighted by molar-refractivity contribution is -0.0860. The summed E-state index contributed by atoms with van der Waals surface area (Å²) in [5, 5.41) is 0. The Morgan fingerprint density at radius 3 is 2.24 bits per heavy atom. The number of aromatic nitrogens is 1. The minimum absolute atomic E-state index is 0.0114. The van der Waals surface area contributed by atoms with Crippen LogP contribution < -0.4 is 0 Å². The van der Waals surface area contributed by atoms with Gasteiger partial charge in [0.15, 0.2) is 0 Å². The zero-order valence-electron chi connectivity index (χ0n) is 21.7. The van der Waals surface area contributed by atoms with E-state index < -0.39 is 11.7 Å². The second-order valence-corrected chi connectivity index (χ2v) is 9.29. The number of piperidine rings is 1. The molecule has 1 saturated heterocycles. The summed E-state index contributed by atoms with van der Waals surface area (Å²) in [6.07, 6.45) is 1.14. The summed E-state index contributed by atoms with van der Waals surface area (Å²) in [5.41, 5.74) is 2.43. The SMILES string of the molecule is C=C(C(N=C(C)/C(=C\C(=CC)c1ccccc1)C(F)(F)F)=C(C)C)N1CCC(c2ncccc2F)CC1. The smallest absolute Gasteiger partial charge is 0.370 e. The predicted molar refractivity (Wildman–Crippen MR) is 143 cm³/mol. The molecule has 0 unspecified atom stereocenters. The topological polar surface area (TPSA) is 28.5 Å². The minimum atomic E-state index is -4.59. The van der Waals surface area contributed by atoms with Crippen molar-refractivity contribution in [3.63, 3.8) is 0 Å². The molecule has 0 amide bonds. The Balaban J connectivity index is 1.86. The zero-order chi connectivity index (χ0) is 27.2. The van der Waals surface area contributed by atoms with E-state index in [-0.39, 0.29) is 17.4 Å². The van der Waals surface area contributed by atoms with Crippen LogP contribution in [0.15, 0.2) is 94.9 Å². The van der Waals surface area contributed by atoms with Crippen LogP contribution >= 0.6 is 0 Å². The molecule has 3 nitrogen and oxygen atoms in total. The number of benzene rings is 1. The molecule has 37 heavy (non-hydrogen) atoms. The molecule has 0 spiro atoms. The van der Waals surface area contributed by atoms with Gasteiger partial charge in [0.05, 0.1) is 28.4 Å². The molecule has 3 rings (SSSR count). The number of likely N-dealkylation sites (tertiary alicyclic amines) is 1. The molecule has 1 aliphatic heterocycles. The van der Waals surface area contributed by atoms with Crippen molar-refractivity contribution in [3.05, 3.63) is 107 Å². The predicted octanol–water partition coefficient (Wildman–Crippen LogP) is 8.26. The molecule has 196 valence electrons. The largest absolute Gasteiger partial charge is 0.418 e. The van der Waals surface area contributed by atoms with Crippen LogP contribution in [-0.2, 0) is 0 Å². The lowest BCUT2D eigenvalue weighted by atomic mass is 9.92. The van der Waals surface area contributed by atoms with Crippen LogP contribution in [0.3, 0.4) is 0 Å². The standard InChI is InChI=1S/C30H33F4N3/c1-6-23(24-11-8-7-9-12-24)19-26(30(32,33)34)21(4)36-28(20(2)3)22(5)37-17-14-25(15-18-37)29-27(31)13-10-16-35-29/h6-13,16,19,25H,5,14-15,17-18H2,1-4H3/b23-6?,26-19+,36-21?. The fourth-order valence-corrected chi connectivity index (χ4v) is 4.47. The third-order valence-corrected chi connectivity index (χ3v) is 6.49. The number of hydrogen-bond donors (Lipinski definition) is 0. The average Bonchev–Trinajstić information content (AvgIpc) is 2.87. The van der Waals surface area contributed by atoms with E-state index in [4.69, 9.17) is 0 Å². The van der Waals surface area contributed by atoms with Crippen molar-refractivity contribution in [1.82, 2.24) is 9.88 Å². The van der Waals surface area contributed by atoms with Crippen molar-refractivity contribution in [2.75, 3.05) is 13.1 Å². The van der Waals surface area contributed by atoms with E-state index in [1.807, 2.05) is 24.8 Å². The second-order valence-electron chi connectivity index (χ2n) is 9.29. The minimum Gasteiger partial charge on any atom is -0.370 e. The Labute approximate surface area is 216 Å². The van der Waals surface area contributed by atoms with Crippen LogP contribution in [0, 0.1) is 5.82 Å². The van der Waals surface area contributed by atoms with Gasteiger partial charge in [-0.25, -0.2) is 4.39 Å². The molecular formula is C30H33F4N3. The van der Waals surface area contributed by atoms with Crippen molar-refractivity contribution in [2.24, 2.45) is 4.99 Å². The third kappa shape index (κ3) is 7.06. The molecule has 2 aromatic rings. The molecule has 0 radical (unpaired) electrons. The Bertz CT molecular complexity index is 1220. The highest BCUT2D eigenvalue weighted by molar-refractivity contribution is 6.02. The number of hydrogen-bond acceptors (Lipinski definition) is 3. The fraction of sp³-hybridized carbons (Fsp3) is 0.333. The zero-order valence-corrected chi connectivity index (χ0v) is 21.7. The molecule has 1 aromatic carbocycles. The van der Waals surface area contributed by atoms with E-state index in [1.54, 1.807) is 49.5 Å². The van der Waals surface area contributed by atoms with Gasteiger partial charge >= 0.3 is 6.18 Å². The first-order valence-corrected chi connectivity index (χ1v) is 12.3. The lowest BCUT2D eigenvalue weighted by Crippen LogP contribution is -2.33. The average molecular weight is 512 g/mol. The molecule has 0 N–H and O–H groups in total. The Hall–Kier alpha value is -3.48. The van der Waals surface area contributed by atoms with Gasteiger partial charge in [-0.05, 0) is 75.5 Å². The lowest BCUT2D eigenvalue weighted by Gasteiger charge is -2.35. The van der Waals surface area contributed by atoms with E-state index in [0.717, 1.165) is 11.6 Å². The van der Waals surface area contributed by atoms with Gasteiger partial charge in [-0.2, -0.15) is 13.2 Å². The van der Waals surface area contributed by atoms with E-state index >= 15 is 0 Å². The van der Waals surface area contributed by atoms with Crippen molar-refractivity contribution in [1.29, 1.82) is 0 Å². The van der Waals surface area contributed by atoms with Crippen molar-refractivity contribution >= 4 is 11.3 Å². The van der Waals surface area contributed by atoms with E-state index in [9.17, 15) is 17.6 Å². The van der Waals surface area contributed by atoms with Gasteiger partial charge in [0.2, 0.25) is 0 Å². The van der Waals surface area contributed by atoms with E-state index in [0.29, 0.717) is 54.2 Å². The molecule has 0 atom stereocenters. The van der Waals surface area contributed by atoms with Gasteiger partial charge in [0.1, 0.15) is 5.82 Å². The van der Waals surface area contributed by atoms with Gasteiger partial charge in [-0.15, -0.1) is 0 Å². The second kappa shape index (κ2) is 12.2. The third-order valence-electron chi connectivity index (χ3n) is 6.49. The first kappa shape index (κ1) is 28.1. The number of rotatable bonds is 7. The summed E-state index contributed by atoms with van der Waals surface area (Å²) < 4.78 is 56.7. The normalized spacial score (nSPS) is 16.1. The summed E-state index contributed by atoms with van der Waals surface area (Å²) in [5.74, 6) is -0.324. The molecule has 1 fully saturated rings. The van der Waals surface area contributed by atoms with Crippen LogP contribution in [0.2, 0.25) is 0 Å². The number of pyridine rings is 1. The summed E-state index contributed by atoms with van der Waals surface area (Å²) >= 11 is 0. The van der Waals surface area contributed by atoms with Crippen LogP contribution in [0.4, 0.5) is 17.6 Å². The molecule has 1 aliphatic rings. The van der Waals surface area contributed by atoms with Crippen LogP contribution in [-0.4, -0.2) is 34.9 Å². The molecule has 7 heteroatoms. The van der Waals surface area contributed by atoms with Gasteiger partial charge < -0.3 is 4.90 Å². The summed E-state index contributed by atoms with van der Waals surface area (Å²) in [6.45, 7) is 12.1. The van der Waals surface area contributed by atoms with Gasteiger partial charge in [0, 0.05) is 25.2 Å². The fourth-order valence-electron chi connectivity index (χ4n) is 4.47. The summed E-state index contributed by atoms with van der Waals surface area (Å²) in [7, 11) is 0. The highest BCUT2D eigenvalue weighted by Gasteiger charge is 2.36. The Morgan fingerprint density at radius 2 is 1.70 bits per heavy atom. The first-order valence-electron chi connectivity index (χ1n) is 12.3. The molecule has 0 aliphatic carbocycles. The van der Waals surface area contributed by atoms with Crippen molar-refractivity contribution in [2.45, 2.75) is 52.6 Å². The maximum atomic E-state index is 14.2. The first-order chi connectivity index (χ1) is 17.5. The Morgan fingerprint density at radius 1 is 1.05 bits per heavy atom. The molecule has 1 aromatic heterocycles. The van der Waals surface area contributed by atoms with Gasteiger partial charge in [-0.1, -0.05) is 43.0 Å². The van der Waals surface area contributed by atoms with Gasteiger partial charge in [0.25, 0.3) is 0 Å². The highest BCUT2D eigenvalue weighted by Crippen LogP contribution is 2.34. The van der Waals surface area contributed by atoms with Crippen LogP contribution in [0.1, 0.15) is 57.7 Å². The van der Waals surface area contributed by atoms with E-state index in [2.05, 4.69) is 16.6 Å². The molecule has 0 bridgehead atoms.